The van der Waals surface area contributed by atoms with Gasteiger partial charge in [0.15, 0.2) is 11.5 Å². The fraction of sp³-hybridized carbons (Fsp3) is 0.474. The predicted molar refractivity (Wildman–Crippen MR) is 98.2 cm³/mol. The fourth-order valence-electron chi connectivity index (χ4n) is 3.14. The molecule has 1 fully saturated rings. The number of rotatable bonds is 6. The van der Waals surface area contributed by atoms with Gasteiger partial charge < -0.3 is 23.8 Å². The van der Waals surface area contributed by atoms with Gasteiger partial charge in [0.05, 0.1) is 40.5 Å². The molecule has 3 rings (SSSR count). The molecule has 0 radical (unpaired) electrons. The number of ether oxygens (including phenoxy) is 4. The summed E-state index contributed by atoms with van der Waals surface area (Å²) in [5, 5.41) is 1.83. The maximum atomic E-state index is 12.0. The van der Waals surface area contributed by atoms with Crippen molar-refractivity contribution in [3.63, 3.8) is 0 Å². The van der Waals surface area contributed by atoms with E-state index in [9.17, 15) is 4.79 Å². The Bertz CT molecular complexity index is 787. The van der Waals surface area contributed by atoms with E-state index in [1.54, 1.807) is 27.3 Å². The third-order valence-corrected chi connectivity index (χ3v) is 4.40. The van der Waals surface area contributed by atoms with Gasteiger partial charge in [0.25, 0.3) is 0 Å². The molecular formula is C19H24N2O5. The second-order valence-corrected chi connectivity index (χ2v) is 5.94. The third-order valence-electron chi connectivity index (χ3n) is 4.40. The third kappa shape index (κ3) is 3.67. The van der Waals surface area contributed by atoms with E-state index in [2.05, 4.69) is 9.88 Å². The van der Waals surface area contributed by atoms with E-state index in [0.717, 1.165) is 35.2 Å². The van der Waals surface area contributed by atoms with Crippen LogP contribution in [0.3, 0.4) is 0 Å². The van der Waals surface area contributed by atoms with Crippen LogP contribution in [-0.4, -0.2) is 58.1 Å². The van der Waals surface area contributed by atoms with Crippen molar-refractivity contribution in [2.45, 2.75) is 13.3 Å². The minimum Gasteiger partial charge on any atom is -0.493 e. The van der Waals surface area contributed by atoms with E-state index in [4.69, 9.17) is 18.9 Å². The Morgan fingerprint density at radius 1 is 1.15 bits per heavy atom. The van der Waals surface area contributed by atoms with Gasteiger partial charge >= 0.3 is 5.97 Å². The summed E-state index contributed by atoms with van der Waals surface area (Å²) in [6.45, 7) is 5.03. The molecule has 0 unspecified atom stereocenters. The lowest BCUT2D eigenvalue weighted by molar-refractivity contribution is -0.142. The first-order chi connectivity index (χ1) is 12.7. The number of methoxy groups -OCH3 is 2. The zero-order valence-corrected chi connectivity index (χ0v) is 15.4. The van der Waals surface area contributed by atoms with Crippen molar-refractivity contribution in [1.29, 1.82) is 0 Å². The van der Waals surface area contributed by atoms with Gasteiger partial charge in [0.2, 0.25) is 0 Å². The zero-order valence-electron chi connectivity index (χ0n) is 15.4. The highest BCUT2D eigenvalue weighted by Gasteiger charge is 2.20. The van der Waals surface area contributed by atoms with Crippen LogP contribution in [0.1, 0.15) is 12.5 Å². The largest absolute Gasteiger partial charge is 0.493 e. The van der Waals surface area contributed by atoms with E-state index in [-0.39, 0.29) is 12.4 Å². The lowest BCUT2D eigenvalue weighted by Crippen LogP contribution is -2.36. The summed E-state index contributed by atoms with van der Waals surface area (Å²) in [4.78, 5) is 18.8. The van der Waals surface area contributed by atoms with E-state index in [1.165, 1.54) is 0 Å². The van der Waals surface area contributed by atoms with Crippen molar-refractivity contribution in [3.8, 4) is 11.5 Å². The molecule has 0 bridgehead atoms. The molecule has 0 N–H and O–H groups in total. The predicted octanol–water partition coefficient (Wildman–Crippen LogP) is 2.19. The molecule has 1 aromatic carbocycles. The Morgan fingerprint density at radius 3 is 2.42 bits per heavy atom. The Labute approximate surface area is 152 Å². The average Bonchev–Trinajstić information content (AvgIpc) is 2.68. The molecule has 1 aromatic heterocycles. The van der Waals surface area contributed by atoms with E-state index >= 15 is 0 Å². The number of morpholine rings is 1. The molecule has 140 valence electrons. The van der Waals surface area contributed by atoms with Crippen molar-refractivity contribution < 1.29 is 23.7 Å². The first-order valence-electron chi connectivity index (χ1n) is 8.69. The van der Waals surface area contributed by atoms with Gasteiger partial charge in [-0.15, -0.1) is 0 Å². The second-order valence-electron chi connectivity index (χ2n) is 5.94. The summed E-state index contributed by atoms with van der Waals surface area (Å²) < 4.78 is 21.4. The number of hydrogen-bond acceptors (Lipinski definition) is 7. The van der Waals surface area contributed by atoms with Crippen LogP contribution in [0.25, 0.3) is 10.8 Å². The summed E-state index contributed by atoms with van der Waals surface area (Å²) in [5.41, 5.74) is 0.802. The Balaban J connectivity index is 2.12. The summed E-state index contributed by atoms with van der Waals surface area (Å²) in [5.74, 6) is 1.83. The highest BCUT2D eigenvalue weighted by atomic mass is 16.5. The molecule has 26 heavy (non-hydrogen) atoms. The minimum absolute atomic E-state index is 0.163. The molecule has 0 aliphatic carbocycles. The van der Waals surface area contributed by atoms with Gasteiger partial charge in [-0.05, 0) is 30.0 Å². The van der Waals surface area contributed by atoms with Crippen LogP contribution in [-0.2, 0) is 20.7 Å². The van der Waals surface area contributed by atoms with Gasteiger partial charge in [-0.1, -0.05) is 0 Å². The fourth-order valence-corrected chi connectivity index (χ4v) is 3.14. The van der Waals surface area contributed by atoms with Crippen LogP contribution in [0.5, 0.6) is 11.5 Å². The summed E-state index contributed by atoms with van der Waals surface area (Å²) in [6.07, 6.45) is 1.91. The zero-order chi connectivity index (χ0) is 18.5. The van der Waals surface area contributed by atoms with Crippen molar-refractivity contribution in [2.75, 3.05) is 52.0 Å². The molecular weight excluding hydrogens is 336 g/mol. The molecule has 7 nitrogen and oxygen atoms in total. The number of carbonyl (C=O) groups excluding carboxylic acids is 1. The van der Waals surface area contributed by atoms with Crippen molar-refractivity contribution in [2.24, 2.45) is 0 Å². The number of fused-ring (bicyclic) bond motifs is 1. The maximum Gasteiger partial charge on any atom is 0.310 e. The summed E-state index contributed by atoms with van der Waals surface area (Å²) in [6, 6.07) is 3.81. The Hall–Kier alpha value is -2.54. The van der Waals surface area contributed by atoms with Gasteiger partial charge in [-0.3, -0.25) is 4.79 Å². The Morgan fingerprint density at radius 2 is 1.81 bits per heavy atom. The quantitative estimate of drug-likeness (QED) is 0.731. The minimum atomic E-state index is -0.274. The van der Waals surface area contributed by atoms with E-state index in [1.807, 2.05) is 12.1 Å². The van der Waals surface area contributed by atoms with Gasteiger partial charge in [-0.2, -0.15) is 0 Å². The monoisotopic (exact) mass is 360 g/mol. The first-order valence-corrected chi connectivity index (χ1v) is 8.69. The number of hydrogen-bond donors (Lipinski definition) is 0. The highest BCUT2D eigenvalue weighted by Crippen LogP contribution is 2.37. The van der Waals surface area contributed by atoms with Crippen molar-refractivity contribution in [3.05, 3.63) is 23.9 Å². The number of anilines is 1. The molecule has 2 aromatic rings. The summed E-state index contributed by atoms with van der Waals surface area (Å²) in [7, 11) is 3.20. The van der Waals surface area contributed by atoms with Crippen LogP contribution in [0.15, 0.2) is 18.3 Å². The normalized spacial score (nSPS) is 14.3. The molecule has 1 aliphatic rings. The number of benzene rings is 1. The molecule has 2 heterocycles. The van der Waals surface area contributed by atoms with Crippen LogP contribution in [0, 0.1) is 0 Å². The SMILES string of the molecule is CCOC(=O)Cc1cnc(N2CCOCC2)c2cc(OC)c(OC)cc12. The molecule has 0 spiro atoms. The number of nitrogens with zero attached hydrogens (tertiary/aromatic N) is 2. The number of carbonyl (C=O) groups is 1. The van der Waals surface area contributed by atoms with Crippen LogP contribution in [0.2, 0.25) is 0 Å². The molecule has 0 atom stereocenters. The Kier molecular flexibility index (Phi) is 5.78. The highest BCUT2D eigenvalue weighted by molar-refractivity contribution is 5.98. The molecule has 0 amide bonds. The second kappa shape index (κ2) is 8.23. The number of esters is 1. The molecule has 7 heteroatoms. The lowest BCUT2D eigenvalue weighted by atomic mass is 10.0. The molecule has 1 saturated heterocycles. The van der Waals surface area contributed by atoms with Crippen molar-refractivity contribution >= 4 is 22.6 Å². The average molecular weight is 360 g/mol. The van der Waals surface area contributed by atoms with Gasteiger partial charge in [0, 0.05) is 24.7 Å². The first kappa shape index (κ1) is 18.3. The van der Waals surface area contributed by atoms with Crippen molar-refractivity contribution in [1.82, 2.24) is 4.98 Å². The standard InChI is InChI=1S/C19H24N2O5/c1-4-26-18(22)9-13-12-20-19(21-5-7-25-8-6-21)15-11-17(24-3)16(23-2)10-14(13)15/h10-12H,4-9H2,1-3H3. The lowest BCUT2D eigenvalue weighted by Gasteiger charge is -2.29. The summed E-state index contributed by atoms with van der Waals surface area (Å²) >= 11 is 0. The maximum absolute atomic E-state index is 12.0. The van der Waals surface area contributed by atoms with E-state index < -0.39 is 0 Å². The van der Waals surface area contributed by atoms with Crippen LogP contribution < -0.4 is 14.4 Å². The van der Waals surface area contributed by atoms with E-state index in [0.29, 0.717) is 31.3 Å². The van der Waals surface area contributed by atoms with Crippen LogP contribution >= 0.6 is 0 Å². The van der Waals surface area contributed by atoms with Gasteiger partial charge in [0.1, 0.15) is 5.82 Å². The number of aromatic nitrogens is 1. The van der Waals surface area contributed by atoms with Gasteiger partial charge in [-0.25, -0.2) is 4.98 Å². The molecule has 0 saturated carbocycles. The number of pyridine rings is 1. The molecule has 1 aliphatic heterocycles. The smallest absolute Gasteiger partial charge is 0.310 e. The topological polar surface area (TPSA) is 70.1 Å². The van der Waals surface area contributed by atoms with Crippen LogP contribution in [0.4, 0.5) is 5.82 Å².